The van der Waals surface area contributed by atoms with E-state index >= 15 is 0 Å². The zero-order valence-electron chi connectivity index (χ0n) is 19.1. The zero-order valence-corrected chi connectivity index (χ0v) is 19.1. The number of anilines is 2. The highest BCUT2D eigenvalue weighted by Crippen LogP contribution is 2.37. The predicted octanol–water partition coefficient (Wildman–Crippen LogP) is 5.22. The number of rotatable bonds is 7. The van der Waals surface area contributed by atoms with Crippen LogP contribution in [0.15, 0.2) is 78.5 Å². The third kappa shape index (κ3) is 4.20. The summed E-state index contributed by atoms with van der Waals surface area (Å²) in [5.41, 5.74) is 3.40. The van der Waals surface area contributed by atoms with Crippen molar-refractivity contribution in [2.45, 2.75) is 19.8 Å². The van der Waals surface area contributed by atoms with Gasteiger partial charge in [0, 0.05) is 11.3 Å². The molecule has 0 radical (unpaired) electrons. The van der Waals surface area contributed by atoms with E-state index < -0.39 is 11.8 Å². The smallest absolute Gasteiger partial charge is 0.282 e. The molecule has 6 heteroatoms. The van der Waals surface area contributed by atoms with Crippen LogP contribution < -0.4 is 19.7 Å². The molecule has 0 unspecified atom stereocenters. The summed E-state index contributed by atoms with van der Waals surface area (Å²) in [5.74, 6) is 0.691. The first-order valence-corrected chi connectivity index (χ1v) is 10.7. The van der Waals surface area contributed by atoms with Crippen LogP contribution in [0, 0.1) is 0 Å². The standard InChI is InChI=1S/C27H26N2O4/c1-17(2)18-9-11-19(12-10-18)28-25-24(22-7-5-6-8-23(22)33-4)26(30)29(27(25)31)20-13-15-21(32-3)16-14-20/h5-17,28H,1-4H3. The van der Waals surface area contributed by atoms with Crippen molar-refractivity contribution in [2.24, 2.45) is 0 Å². The third-order valence-corrected chi connectivity index (χ3v) is 5.64. The highest BCUT2D eigenvalue weighted by atomic mass is 16.5. The molecule has 0 saturated heterocycles. The van der Waals surface area contributed by atoms with Crippen LogP contribution in [-0.4, -0.2) is 26.0 Å². The largest absolute Gasteiger partial charge is 0.497 e. The van der Waals surface area contributed by atoms with E-state index in [1.54, 1.807) is 50.6 Å². The Labute approximate surface area is 193 Å². The van der Waals surface area contributed by atoms with Gasteiger partial charge in [0.1, 0.15) is 17.2 Å². The van der Waals surface area contributed by atoms with Crippen LogP contribution in [0.2, 0.25) is 0 Å². The van der Waals surface area contributed by atoms with Gasteiger partial charge in [-0.15, -0.1) is 0 Å². The summed E-state index contributed by atoms with van der Waals surface area (Å²) in [6.07, 6.45) is 0. The molecule has 1 aliphatic rings. The Kier molecular flexibility index (Phi) is 6.18. The first-order valence-electron chi connectivity index (χ1n) is 10.7. The second-order valence-electron chi connectivity index (χ2n) is 8.00. The fraction of sp³-hybridized carbons (Fsp3) is 0.185. The summed E-state index contributed by atoms with van der Waals surface area (Å²) < 4.78 is 10.7. The van der Waals surface area contributed by atoms with E-state index in [0.29, 0.717) is 28.7 Å². The normalized spacial score (nSPS) is 13.7. The van der Waals surface area contributed by atoms with Crippen molar-refractivity contribution >= 4 is 28.8 Å². The van der Waals surface area contributed by atoms with Gasteiger partial charge in [-0.2, -0.15) is 0 Å². The Morgan fingerprint density at radius 2 is 1.45 bits per heavy atom. The number of hydrogen-bond acceptors (Lipinski definition) is 5. The van der Waals surface area contributed by atoms with E-state index in [1.807, 2.05) is 36.4 Å². The number of hydrogen-bond donors (Lipinski definition) is 1. The van der Waals surface area contributed by atoms with Gasteiger partial charge in [-0.05, 0) is 53.9 Å². The number of carbonyl (C=O) groups excluding carboxylic acids is 2. The van der Waals surface area contributed by atoms with E-state index in [4.69, 9.17) is 9.47 Å². The number of ether oxygens (including phenoxy) is 2. The molecule has 0 saturated carbocycles. The van der Waals surface area contributed by atoms with E-state index in [9.17, 15) is 9.59 Å². The maximum Gasteiger partial charge on any atom is 0.282 e. The van der Waals surface area contributed by atoms with Gasteiger partial charge in [-0.3, -0.25) is 9.59 Å². The second kappa shape index (κ2) is 9.20. The Balaban J connectivity index is 1.80. The van der Waals surface area contributed by atoms with Crippen molar-refractivity contribution in [3.63, 3.8) is 0 Å². The fourth-order valence-electron chi connectivity index (χ4n) is 3.81. The third-order valence-electron chi connectivity index (χ3n) is 5.64. The number of para-hydroxylation sites is 1. The molecule has 0 fully saturated rings. The van der Waals surface area contributed by atoms with Crippen LogP contribution in [0.1, 0.15) is 30.9 Å². The van der Waals surface area contributed by atoms with Crippen LogP contribution in [0.4, 0.5) is 11.4 Å². The van der Waals surface area contributed by atoms with Crippen molar-refractivity contribution in [3.05, 3.63) is 89.6 Å². The number of nitrogens with one attached hydrogen (secondary N) is 1. The fourth-order valence-corrected chi connectivity index (χ4v) is 3.81. The molecule has 1 heterocycles. The Morgan fingerprint density at radius 1 is 0.788 bits per heavy atom. The van der Waals surface area contributed by atoms with Gasteiger partial charge in [-0.25, -0.2) is 4.90 Å². The molecule has 6 nitrogen and oxygen atoms in total. The summed E-state index contributed by atoms with van der Waals surface area (Å²) in [6, 6.07) is 21.8. The number of carbonyl (C=O) groups is 2. The molecular formula is C27H26N2O4. The summed E-state index contributed by atoms with van der Waals surface area (Å²) in [4.78, 5) is 28.3. The summed E-state index contributed by atoms with van der Waals surface area (Å²) in [6.45, 7) is 4.24. The Bertz CT molecular complexity index is 1210. The molecule has 33 heavy (non-hydrogen) atoms. The maximum atomic E-state index is 13.6. The first kappa shape index (κ1) is 22.1. The molecule has 2 amide bonds. The molecule has 0 bridgehead atoms. The van der Waals surface area contributed by atoms with Gasteiger partial charge in [0.2, 0.25) is 0 Å². The lowest BCUT2D eigenvalue weighted by Gasteiger charge is -2.16. The van der Waals surface area contributed by atoms with Crippen molar-refractivity contribution in [2.75, 3.05) is 24.4 Å². The van der Waals surface area contributed by atoms with E-state index in [1.165, 1.54) is 10.5 Å². The zero-order chi connectivity index (χ0) is 23.5. The lowest BCUT2D eigenvalue weighted by molar-refractivity contribution is -0.120. The minimum Gasteiger partial charge on any atom is -0.497 e. The van der Waals surface area contributed by atoms with Crippen LogP contribution in [-0.2, 0) is 9.59 Å². The van der Waals surface area contributed by atoms with E-state index in [0.717, 1.165) is 5.69 Å². The monoisotopic (exact) mass is 442 g/mol. The molecule has 1 N–H and O–H groups in total. The molecule has 3 aromatic rings. The predicted molar refractivity (Wildman–Crippen MR) is 130 cm³/mol. The van der Waals surface area contributed by atoms with Crippen molar-refractivity contribution in [1.82, 2.24) is 0 Å². The molecule has 0 atom stereocenters. The number of methoxy groups -OCH3 is 2. The molecule has 0 aromatic heterocycles. The minimum absolute atomic E-state index is 0.206. The summed E-state index contributed by atoms with van der Waals surface area (Å²) in [7, 11) is 3.11. The lowest BCUT2D eigenvalue weighted by Crippen LogP contribution is -2.32. The molecule has 0 aliphatic carbocycles. The quantitative estimate of drug-likeness (QED) is 0.508. The highest BCUT2D eigenvalue weighted by Gasteiger charge is 2.41. The molecule has 0 spiro atoms. The van der Waals surface area contributed by atoms with Gasteiger partial charge in [0.05, 0.1) is 25.5 Å². The summed E-state index contributed by atoms with van der Waals surface area (Å²) >= 11 is 0. The number of amides is 2. The SMILES string of the molecule is COc1ccc(N2C(=O)C(Nc3ccc(C(C)C)cc3)=C(c3ccccc3OC)C2=O)cc1. The molecule has 4 rings (SSSR count). The van der Waals surface area contributed by atoms with Gasteiger partial charge in [-0.1, -0.05) is 44.2 Å². The van der Waals surface area contributed by atoms with Gasteiger partial charge >= 0.3 is 0 Å². The van der Waals surface area contributed by atoms with Crippen LogP contribution in [0.5, 0.6) is 11.5 Å². The Morgan fingerprint density at radius 3 is 2.06 bits per heavy atom. The molecular weight excluding hydrogens is 416 g/mol. The molecule has 1 aliphatic heterocycles. The topological polar surface area (TPSA) is 67.9 Å². The van der Waals surface area contributed by atoms with Gasteiger partial charge in [0.15, 0.2) is 0 Å². The van der Waals surface area contributed by atoms with Crippen LogP contribution in [0.25, 0.3) is 5.57 Å². The van der Waals surface area contributed by atoms with Crippen LogP contribution >= 0.6 is 0 Å². The molecule has 3 aromatic carbocycles. The van der Waals surface area contributed by atoms with Gasteiger partial charge in [0.25, 0.3) is 11.8 Å². The van der Waals surface area contributed by atoms with Crippen LogP contribution in [0.3, 0.4) is 0 Å². The number of imide groups is 1. The average Bonchev–Trinajstić information content (AvgIpc) is 3.08. The van der Waals surface area contributed by atoms with Crippen molar-refractivity contribution < 1.29 is 19.1 Å². The average molecular weight is 443 g/mol. The number of benzene rings is 3. The van der Waals surface area contributed by atoms with Crippen molar-refractivity contribution in [3.8, 4) is 11.5 Å². The first-order chi connectivity index (χ1) is 15.9. The van der Waals surface area contributed by atoms with E-state index in [-0.39, 0.29) is 11.3 Å². The minimum atomic E-state index is -0.431. The molecule has 168 valence electrons. The van der Waals surface area contributed by atoms with E-state index in [2.05, 4.69) is 19.2 Å². The lowest BCUT2D eigenvalue weighted by atomic mass is 10.0. The maximum absolute atomic E-state index is 13.6. The second-order valence-corrected chi connectivity index (χ2v) is 8.00. The van der Waals surface area contributed by atoms with Crippen molar-refractivity contribution in [1.29, 1.82) is 0 Å². The Hall–Kier alpha value is -4.06. The number of nitrogens with zero attached hydrogens (tertiary/aromatic N) is 1. The highest BCUT2D eigenvalue weighted by molar-refractivity contribution is 6.46. The van der Waals surface area contributed by atoms with Gasteiger partial charge < -0.3 is 14.8 Å². The summed E-state index contributed by atoms with van der Waals surface area (Å²) in [5, 5.41) is 3.20.